The van der Waals surface area contributed by atoms with Gasteiger partial charge in [0.25, 0.3) is 0 Å². The molecule has 1 spiro atoms. The lowest BCUT2D eigenvalue weighted by Crippen LogP contribution is -2.59. The van der Waals surface area contributed by atoms with Gasteiger partial charge < -0.3 is 10.1 Å². The third-order valence-electron chi connectivity index (χ3n) is 5.53. The monoisotopic (exact) mass is 429 g/mol. The Morgan fingerprint density at radius 2 is 2.11 bits per heavy atom. The van der Waals surface area contributed by atoms with Crippen molar-refractivity contribution in [2.45, 2.75) is 38.3 Å². The van der Waals surface area contributed by atoms with Crippen LogP contribution in [0.4, 0.5) is 4.79 Å². The molecular weight excluding hydrogens is 406 g/mol. The van der Waals surface area contributed by atoms with E-state index in [4.69, 9.17) is 9.73 Å². The number of carbonyl (C=O) groups is 1. The molecule has 1 aromatic carbocycles. The Labute approximate surface area is 168 Å². The first-order valence-corrected chi connectivity index (χ1v) is 9.63. The minimum atomic E-state index is -0.900. The molecule has 1 N–H and O–H groups in total. The van der Waals surface area contributed by atoms with Gasteiger partial charge in [-0.05, 0) is 50.1 Å². The number of likely N-dealkylation sites (N-methyl/N-ethyl adjacent to an activating group) is 1. The molecule has 0 aliphatic carbocycles. The van der Waals surface area contributed by atoms with Crippen molar-refractivity contribution in [2.24, 2.45) is 4.99 Å². The number of benzene rings is 1. The van der Waals surface area contributed by atoms with Crippen molar-refractivity contribution >= 4 is 27.8 Å². The summed E-state index contributed by atoms with van der Waals surface area (Å²) in [5, 5.41) is 3.17. The molecule has 2 unspecified atom stereocenters. The molecule has 2 aliphatic heterocycles. The predicted molar refractivity (Wildman–Crippen MR) is 112 cm³/mol. The minimum absolute atomic E-state index is 0.218. The Hall–Kier alpha value is -2.34. The number of urea groups is 1. The molecule has 6 heteroatoms. The average Bonchev–Trinajstić information content (AvgIpc) is 3.05. The number of hydrogen-bond donors (Lipinski definition) is 1. The van der Waals surface area contributed by atoms with E-state index >= 15 is 0 Å². The Morgan fingerprint density at radius 3 is 2.70 bits per heavy atom. The normalized spacial score (nSPS) is 28.7. The number of rotatable bonds is 4. The van der Waals surface area contributed by atoms with Crippen LogP contribution < -0.4 is 10.1 Å². The van der Waals surface area contributed by atoms with E-state index in [9.17, 15) is 4.79 Å². The van der Waals surface area contributed by atoms with E-state index in [1.165, 1.54) is 0 Å². The highest BCUT2D eigenvalue weighted by atomic mass is 79.9. The van der Waals surface area contributed by atoms with Crippen LogP contribution >= 0.6 is 15.9 Å². The van der Waals surface area contributed by atoms with Crippen molar-refractivity contribution in [3.05, 3.63) is 64.8 Å². The van der Waals surface area contributed by atoms with Crippen LogP contribution in [0.15, 0.2) is 64.2 Å². The fourth-order valence-electron chi connectivity index (χ4n) is 3.70. The van der Waals surface area contributed by atoms with Crippen LogP contribution in [0.3, 0.4) is 0 Å². The topological polar surface area (TPSA) is 53.9 Å². The van der Waals surface area contributed by atoms with Gasteiger partial charge >= 0.3 is 6.03 Å². The number of hydrogen-bond acceptors (Lipinski definition) is 3. The van der Waals surface area contributed by atoms with E-state index in [2.05, 4.69) is 34.4 Å². The lowest BCUT2D eigenvalue weighted by Gasteiger charge is -2.38. The van der Waals surface area contributed by atoms with E-state index in [1.54, 1.807) is 24.1 Å². The summed E-state index contributed by atoms with van der Waals surface area (Å²) < 4.78 is 7.27. The lowest BCUT2D eigenvalue weighted by atomic mass is 9.75. The highest BCUT2D eigenvalue weighted by Gasteiger charge is 2.65. The number of ether oxygens (including phenoxy) is 1. The standard InChI is InChI=1S/C21H24BrN3O2/c1-7-13(4)16(8-2)23-18-21(24-19(26)25(18)6)15-12-14(22)10-11-17(15)27-20(21,5)9-3/h7-8,10-12H,1-2,9H2,3-6H3,(H,24,26)/b16-13+,23-18?. The maximum absolute atomic E-state index is 12.8. The SMILES string of the molecule is C=C/C(C)=C(\C=C)N=C1N(C)C(=O)NC12c1cc(Br)ccc1OC2(C)CC. The smallest absolute Gasteiger partial charge is 0.323 e. The van der Waals surface area contributed by atoms with Crippen LogP contribution in [0, 0.1) is 0 Å². The molecule has 142 valence electrons. The molecule has 1 fully saturated rings. The summed E-state index contributed by atoms with van der Waals surface area (Å²) in [4.78, 5) is 19.2. The van der Waals surface area contributed by atoms with E-state index in [1.807, 2.05) is 39.0 Å². The van der Waals surface area contributed by atoms with Crippen LogP contribution in [0.5, 0.6) is 5.75 Å². The quantitative estimate of drug-likeness (QED) is 0.691. The van der Waals surface area contributed by atoms with Crippen molar-refractivity contribution in [1.29, 1.82) is 0 Å². The largest absolute Gasteiger partial charge is 0.484 e. The number of allylic oxidation sites excluding steroid dienone is 3. The summed E-state index contributed by atoms with van der Waals surface area (Å²) in [5.41, 5.74) is 0.848. The second-order valence-electron chi connectivity index (χ2n) is 6.98. The van der Waals surface area contributed by atoms with Gasteiger partial charge in [-0.25, -0.2) is 9.79 Å². The van der Waals surface area contributed by atoms with Gasteiger partial charge in [0.1, 0.15) is 17.2 Å². The summed E-state index contributed by atoms with van der Waals surface area (Å²) in [6, 6.07) is 5.62. The molecule has 0 saturated carbocycles. The van der Waals surface area contributed by atoms with E-state index in [0.29, 0.717) is 18.0 Å². The second-order valence-corrected chi connectivity index (χ2v) is 7.89. The molecule has 27 heavy (non-hydrogen) atoms. The minimum Gasteiger partial charge on any atom is -0.484 e. The Kier molecular flexibility index (Phi) is 4.80. The first-order chi connectivity index (χ1) is 12.7. The van der Waals surface area contributed by atoms with Crippen LogP contribution in [-0.2, 0) is 5.54 Å². The van der Waals surface area contributed by atoms with Gasteiger partial charge in [-0.15, -0.1) is 0 Å². The second kappa shape index (κ2) is 6.68. The maximum Gasteiger partial charge on any atom is 0.323 e. The fourth-order valence-corrected chi connectivity index (χ4v) is 4.06. The van der Waals surface area contributed by atoms with E-state index < -0.39 is 11.1 Å². The van der Waals surface area contributed by atoms with Gasteiger partial charge in [-0.3, -0.25) is 4.90 Å². The highest BCUT2D eigenvalue weighted by molar-refractivity contribution is 9.10. The van der Waals surface area contributed by atoms with Crippen LogP contribution in [0.1, 0.15) is 32.8 Å². The summed E-state index contributed by atoms with van der Waals surface area (Å²) in [7, 11) is 1.72. The number of nitrogens with zero attached hydrogens (tertiary/aromatic N) is 2. The van der Waals surface area contributed by atoms with Crippen molar-refractivity contribution in [2.75, 3.05) is 7.05 Å². The Bertz CT molecular complexity index is 905. The van der Waals surface area contributed by atoms with Gasteiger partial charge in [0.15, 0.2) is 5.54 Å². The number of carbonyl (C=O) groups excluding carboxylic acids is 1. The van der Waals surface area contributed by atoms with Crippen LogP contribution in [0.2, 0.25) is 0 Å². The Morgan fingerprint density at radius 1 is 1.41 bits per heavy atom. The van der Waals surface area contributed by atoms with Gasteiger partial charge in [0.05, 0.1) is 5.70 Å². The molecule has 2 amide bonds. The number of amidine groups is 1. The zero-order valence-electron chi connectivity index (χ0n) is 16.1. The van der Waals surface area contributed by atoms with Gasteiger partial charge in [-0.2, -0.15) is 0 Å². The number of halogens is 1. The van der Waals surface area contributed by atoms with Gasteiger partial charge in [0.2, 0.25) is 0 Å². The molecule has 2 atom stereocenters. The third kappa shape index (κ3) is 2.65. The maximum atomic E-state index is 12.8. The molecule has 1 aromatic rings. The zero-order valence-corrected chi connectivity index (χ0v) is 17.7. The molecule has 2 aliphatic rings. The first-order valence-electron chi connectivity index (χ1n) is 8.84. The average molecular weight is 430 g/mol. The van der Waals surface area contributed by atoms with E-state index in [0.717, 1.165) is 21.4 Å². The van der Waals surface area contributed by atoms with Crippen molar-refractivity contribution < 1.29 is 9.53 Å². The number of nitrogens with one attached hydrogen (secondary N) is 1. The molecule has 3 rings (SSSR count). The Balaban J connectivity index is 2.37. The molecule has 0 aromatic heterocycles. The van der Waals surface area contributed by atoms with Gasteiger partial charge in [-0.1, -0.05) is 42.1 Å². The lowest BCUT2D eigenvalue weighted by molar-refractivity contribution is 0.0539. The molecule has 0 radical (unpaired) electrons. The van der Waals surface area contributed by atoms with Crippen molar-refractivity contribution in [3.63, 3.8) is 0 Å². The third-order valence-corrected chi connectivity index (χ3v) is 6.02. The molecular formula is C21H24BrN3O2. The predicted octanol–water partition coefficient (Wildman–Crippen LogP) is 4.91. The van der Waals surface area contributed by atoms with Crippen LogP contribution in [0.25, 0.3) is 0 Å². The summed E-state index contributed by atoms with van der Waals surface area (Å²) >= 11 is 3.54. The molecule has 2 heterocycles. The van der Waals surface area contributed by atoms with Crippen LogP contribution in [-0.4, -0.2) is 29.4 Å². The summed E-state index contributed by atoms with van der Waals surface area (Å²) in [6.45, 7) is 13.7. The molecule has 1 saturated heterocycles. The van der Waals surface area contributed by atoms with E-state index in [-0.39, 0.29) is 6.03 Å². The first kappa shape index (κ1) is 19.4. The highest BCUT2D eigenvalue weighted by Crippen LogP contribution is 2.53. The summed E-state index contributed by atoms with van der Waals surface area (Å²) in [5.74, 6) is 1.33. The molecule has 5 nitrogen and oxygen atoms in total. The summed E-state index contributed by atoms with van der Waals surface area (Å²) in [6.07, 6.45) is 4.09. The number of amides is 2. The van der Waals surface area contributed by atoms with Crippen molar-refractivity contribution in [1.82, 2.24) is 10.2 Å². The fraction of sp³-hybridized carbons (Fsp3) is 0.333. The van der Waals surface area contributed by atoms with Crippen molar-refractivity contribution in [3.8, 4) is 5.75 Å². The van der Waals surface area contributed by atoms with Gasteiger partial charge in [0, 0.05) is 17.1 Å². The zero-order chi connectivity index (χ0) is 20.0. The number of aliphatic imine (C=N–C) groups is 1. The molecule has 0 bridgehead atoms. The number of fused-ring (bicyclic) bond motifs is 2.